The number of thiazole rings is 1. The van der Waals surface area contributed by atoms with Gasteiger partial charge in [0.05, 0.1) is 12.0 Å². The molecular formula is C19H22N2O4S. The molecule has 1 saturated heterocycles. The highest BCUT2D eigenvalue weighted by molar-refractivity contribution is 7.13. The normalized spacial score (nSPS) is 15.3. The Morgan fingerprint density at radius 1 is 1.23 bits per heavy atom. The van der Waals surface area contributed by atoms with E-state index in [0.717, 1.165) is 16.3 Å². The van der Waals surface area contributed by atoms with Gasteiger partial charge in [0.25, 0.3) is 5.91 Å². The summed E-state index contributed by atoms with van der Waals surface area (Å²) < 4.78 is 5.63. The van der Waals surface area contributed by atoms with Gasteiger partial charge in [-0.1, -0.05) is 0 Å². The van der Waals surface area contributed by atoms with Crippen molar-refractivity contribution in [2.45, 2.75) is 32.8 Å². The van der Waals surface area contributed by atoms with Crippen LogP contribution in [0.2, 0.25) is 0 Å². The number of rotatable bonds is 5. The second kappa shape index (κ2) is 7.86. The Balaban J connectivity index is 1.66. The van der Waals surface area contributed by atoms with Gasteiger partial charge in [-0.25, -0.2) is 4.98 Å². The Morgan fingerprint density at radius 3 is 2.46 bits per heavy atom. The van der Waals surface area contributed by atoms with Gasteiger partial charge in [-0.2, -0.15) is 0 Å². The van der Waals surface area contributed by atoms with Gasteiger partial charge >= 0.3 is 5.97 Å². The van der Waals surface area contributed by atoms with E-state index in [1.807, 2.05) is 38.1 Å². The van der Waals surface area contributed by atoms with Crippen LogP contribution in [0, 0.1) is 5.92 Å². The first-order chi connectivity index (χ1) is 12.4. The molecule has 138 valence electrons. The van der Waals surface area contributed by atoms with Crippen LogP contribution in [0.3, 0.4) is 0 Å². The maximum Gasteiger partial charge on any atom is 0.306 e. The minimum Gasteiger partial charge on any atom is -0.491 e. The van der Waals surface area contributed by atoms with E-state index in [-0.39, 0.29) is 17.9 Å². The molecule has 1 aliphatic heterocycles. The third kappa shape index (κ3) is 4.22. The maximum atomic E-state index is 12.6. The standard InChI is InChI=1S/C19H22N2O4S/c1-12(2)25-15-5-3-13(4-6-15)17-20-16(11-26-17)18(22)21-9-7-14(8-10-21)19(23)24/h3-6,11-12,14H,7-10H2,1-2H3,(H,23,24). The number of piperidine rings is 1. The lowest BCUT2D eigenvalue weighted by molar-refractivity contribution is -0.143. The van der Waals surface area contributed by atoms with E-state index < -0.39 is 5.97 Å². The molecule has 0 bridgehead atoms. The summed E-state index contributed by atoms with van der Waals surface area (Å²) in [6, 6.07) is 7.66. The molecule has 3 rings (SSSR count). The van der Waals surface area contributed by atoms with Crippen LogP contribution in [0.15, 0.2) is 29.6 Å². The zero-order valence-electron chi connectivity index (χ0n) is 14.8. The smallest absolute Gasteiger partial charge is 0.306 e. The molecule has 1 aromatic carbocycles. The number of carboxylic acid groups (broad SMARTS) is 1. The van der Waals surface area contributed by atoms with E-state index in [1.54, 1.807) is 10.3 Å². The molecule has 26 heavy (non-hydrogen) atoms. The molecule has 1 aromatic heterocycles. The van der Waals surface area contributed by atoms with Crippen molar-refractivity contribution >= 4 is 23.2 Å². The molecule has 0 unspecified atom stereocenters. The van der Waals surface area contributed by atoms with Crippen molar-refractivity contribution in [2.24, 2.45) is 5.92 Å². The van der Waals surface area contributed by atoms with Crippen LogP contribution in [0.4, 0.5) is 0 Å². The van der Waals surface area contributed by atoms with Crippen molar-refractivity contribution in [3.8, 4) is 16.3 Å². The number of ether oxygens (including phenoxy) is 1. The van der Waals surface area contributed by atoms with Crippen LogP contribution in [0.25, 0.3) is 10.6 Å². The van der Waals surface area contributed by atoms with Gasteiger partial charge in [0.15, 0.2) is 0 Å². The van der Waals surface area contributed by atoms with E-state index in [2.05, 4.69) is 4.98 Å². The Kier molecular flexibility index (Phi) is 5.56. The molecule has 1 fully saturated rings. The molecule has 0 spiro atoms. The average molecular weight is 374 g/mol. The lowest BCUT2D eigenvalue weighted by Gasteiger charge is -2.29. The molecule has 6 nitrogen and oxygen atoms in total. The lowest BCUT2D eigenvalue weighted by Crippen LogP contribution is -2.40. The van der Waals surface area contributed by atoms with Gasteiger partial charge in [0.1, 0.15) is 16.5 Å². The molecule has 1 aliphatic rings. The van der Waals surface area contributed by atoms with E-state index >= 15 is 0 Å². The Hall–Kier alpha value is -2.41. The number of amides is 1. The van der Waals surface area contributed by atoms with Crippen molar-refractivity contribution in [3.05, 3.63) is 35.3 Å². The molecular weight excluding hydrogens is 352 g/mol. The molecule has 2 aromatic rings. The van der Waals surface area contributed by atoms with E-state index in [4.69, 9.17) is 9.84 Å². The topological polar surface area (TPSA) is 79.7 Å². The van der Waals surface area contributed by atoms with Gasteiger partial charge in [-0.3, -0.25) is 9.59 Å². The number of hydrogen-bond donors (Lipinski definition) is 1. The zero-order chi connectivity index (χ0) is 18.7. The first kappa shape index (κ1) is 18.4. The highest BCUT2D eigenvalue weighted by Gasteiger charge is 2.28. The first-order valence-electron chi connectivity index (χ1n) is 8.68. The Bertz CT molecular complexity index is 777. The van der Waals surface area contributed by atoms with Crippen LogP contribution < -0.4 is 4.74 Å². The Morgan fingerprint density at radius 2 is 1.88 bits per heavy atom. The van der Waals surface area contributed by atoms with Gasteiger partial charge in [0, 0.05) is 24.0 Å². The van der Waals surface area contributed by atoms with Crippen LogP contribution in [0.5, 0.6) is 5.75 Å². The van der Waals surface area contributed by atoms with Crippen LogP contribution in [-0.4, -0.2) is 46.1 Å². The summed E-state index contributed by atoms with van der Waals surface area (Å²) in [6.07, 6.45) is 1.11. The fraction of sp³-hybridized carbons (Fsp3) is 0.421. The van der Waals surface area contributed by atoms with Crippen LogP contribution >= 0.6 is 11.3 Å². The second-order valence-corrected chi connectivity index (χ2v) is 7.49. The SMILES string of the molecule is CC(C)Oc1ccc(-c2nc(C(=O)N3CCC(C(=O)O)CC3)cs2)cc1. The second-order valence-electron chi connectivity index (χ2n) is 6.63. The van der Waals surface area contributed by atoms with E-state index in [9.17, 15) is 9.59 Å². The molecule has 0 atom stereocenters. The van der Waals surface area contributed by atoms with Gasteiger partial charge in [-0.15, -0.1) is 11.3 Å². The molecule has 1 N–H and O–H groups in total. The molecule has 0 radical (unpaired) electrons. The summed E-state index contributed by atoms with van der Waals surface area (Å²) in [5, 5.41) is 11.6. The number of carbonyl (C=O) groups is 2. The monoisotopic (exact) mass is 374 g/mol. The lowest BCUT2D eigenvalue weighted by atomic mass is 9.97. The first-order valence-corrected chi connectivity index (χ1v) is 9.56. The predicted molar refractivity (Wildman–Crippen MR) is 99.6 cm³/mol. The van der Waals surface area contributed by atoms with E-state index in [1.165, 1.54) is 11.3 Å². The van der Waals surface area contributed by atoms with Crippen molar-refractivity contribution < 1.29 is 19.4 Å². The molecule has 7 heteroatoms. The number of carboxylic acids is 1. The fourth-order valence-electron chi connectivity index (χ4n) is 2.94. The molecule has 0 aliphatic carbocycles. The zero-order valence-corrected chi connectivity index (χ0v) is 15.7. The largest absolute Gasteiger partial charge is 0.491 e. The quantitative estimate of drug-likeness (QED) is 0.866. The van der Waals surface area contributed by atoms with Crippen molar-refractivity contribution in [1.29, 1.82) is 0 Å². The third-order valence-electron chi connectivity index (χ3n) is 4.33. The molecule has 0 saturated carbocycles. The number of aliphatic carboxylic acids is 1. The van der Waals surface area contributed by atoms with Gasteiger partial charge in [0.2, 0.25) is 0 Å². The maximum absolute atomic E-state index is 12.6. The van der Waals surface area contributed by atoms with E-state index in [0.29, 0.717) is 31.6 Å². The average Bonchev–Trinajstić information content (AvgIpc) is 3.11. The number of likely N-dealkylation sites (tertiary alicyclic amines) is 1. The van der Waals surface area contributed by atoms with Crippen LogP contribution in [0.1, 0.15) is 37.2 Å². The van der Waals surface area contributed by atoms with Crippen LogP contribution in [-0.2, 0) is 4.79 Å². The summed E-state index contributed by atoms with van der Waals surface area (Å²) in [5.41, 5.74) is 1.36. The minimum absolute atomic E-state index is 0.121. The number of carbonyl (C=O) groups excluding carboxylic acids is 1. The highest BCUT2D eigenvalue weighted by atomic mass is 32.1. The molecule has 1 amide bonds. The number of nitrogens with zero attached hydrogens (tertiary/aromatic N) is 2. The fourth-order valence-corrected chi connectivity index (χ4v) is 3.74. The highest BCUT2D eigenvalue weighted by Crippen LogP contribution is 2.27. The predicted octanol–water partition coefficient (Wildman–Crippen LogP) is 3.53. The number of hydrogen-bond acceptors (Lipinski definition) is 5. The summed E-state index contributed by atoms with van der Waals surface area (Å²) in [5.74, 6) is -0.455. The number of aromatic nitrogens is 1. The Labute approximate surface area is 156 Å². The number of benzene rings is 1. The minimum atomic E-state index is -0.780. The summed E-state index contributed by atoms with van der Waals surface area (Å²) >= 11 is 1.43. The molecule has 2 heterocycles. The summed E-state index contributed by atoms with van der Waals surface area (Å²) in [7, 11) is 0. The van der Waals surface area contributed by atoms with Gasteiger partial charge < -0.3 is 14.7 Å². The summed E-state index contributed by atoms with van der Waals surface area (Å²) in [6.45, 7) is 4.88. The van der Waals surface area contributed by atoms with Crippen molar-refractivity contribution in [3.63, 3.8) is 0 Å². The summed E-state index contributed by atoms with van der Waals surface area (Å²) in [4.78, 5) is 29.8. The van der Waals surface area contributed by atoms with Crippen molar-refractivity contribution in [2.75, 3.05) is 13.1 Å². The third-order valence-corrected chi connectivity index (χ3v) is 5.22. The van der Waals surface area contributed by atoms with Gasteiger partial charge in [-0.05, 0) is 51.0 Å². The van der Waals surface area contributed by atoms with Crippen molar-refractivity contribution in [1.82, 2.24) is 9.88 Å².